The first kappa shape index (κ1) is 14.0. The average molecular weight is 286 g/mol. The Balaban J connectivity index is 2.22. The first-order chi connectivity index (χ1) is 9.06. The smallest absolute Gasteiger partial charge is 0.237 e. The van der Waals surface area contributed by atoms with E-state index < -0.39 is 15.3 Å². The fourth-order valence-corrected chi connectivity index (χ4v) is 3.42. The van der Waals surface area contributed by atoms with Crippen molar-refractivity contribution in [1.82, 2.24) is 5.32 Å². The van der Waals surface area contributed by atoms with Crippen LogP contribution < -0.4 is 19.5 Å². The van der Waals surface area contributed by atoms with Crippen molar-refractivity contribution < 1.29 is 17.9 Å². The van der Waals surface area contributed by atoms with E-state index in [-0.39, 0.29) is 0 Å². The molecular weight excluding hydrogens is 268 g/mol. The van der Waals surface area contributed by atoms with E-state index in [1.807, 2.05) is 0 Å². The normalized spacial score (nSPS) is 19.2. The van der Waals surface area contributed by atoms with Gasteiger partial charge in [-0.3, -0.25) is 4.72 Å². The summed E-state index contributed by atoms with van der Waals surface area (Å²) >= 11 is 0. The summed E-state index contributed by atoms with van der Waals surface area (Å²) in [6.45, 7) is 1.21. The topological polar surface area (TPSA) is 76.7 Å². The van der Waals surface area contributed by atoms with E-state index in [4.69, 9.17) is 9.47 Å². The Labute approximate surface area is 113 Å². The fraction of sp³-hybridized carbons (Fsp3) is 0.500. The molecule has 6 nitrogen and oxygen atoms in total. The molecule has 0 saturated carbocycles. The Hall–Kier alpha value is -1.47. The molecular formula is C12H18N2O4S. The molecule has 1 atom stereocenters. The Morgan fingerprint density at radius 2 is 2.11 bits per heavy atom. The standard InChI is InChI=1S/C12H18N2O4S/c1-17-9-3-4-11(12(7-9)18-2)14-19(15,16)10-5-6-13-8-10/h3-4,7,10,13-14H,5-6,8H2,1-2H3. The summed E-state index contributed by atoms with van der Waals surface area (Å²) in [5, 5.41) is 2.64. The molecule has 1 unspecified atom stereocenters. The zero-order valence-electron chi connectivity index (χ0n) is 11.0. The average Bonchev–Trinajstić information content (AvgIpc) is 2.93. The lowest BCUT2D eigenvalue weighted by Crippen LogP contribution is -2.29. The maximum Gasteiger partial charge on any atom is 0.237 e. The van der Waals surface area contributed by atoms with E-state index in [0.717, 1.165) is 6.54 Å². The van der Waals surface area contributed by atoms with Crippen molar-refractivity contribution in [2.24, 2.45) is 0 Å². The minimum atomic E-state index is -3.40. The highest BCUT2D eigenvalue weighted by Gasteiger charge is 2.29. The summed E-state index contributed by atoms with van der Waals surface area (Å²) < 4.78 is 37.2. The highest BCUT2D eigenvalue weighted by atomic mass is 32.2. The van der Waals surface area contributed by atoms with Gasteiger partial charge in [-0.15, -0.1) is 0 Å². The minimum Gasteiger partial charge on any atom is -0.497 e. The van der Waals surface area contributed by atoms with Crippen molar-refractivity contribution in [1.29, 1.82) is 0 Å². The van der Waals surface area contributed by atoms with E-state index in [0.29, 0.717) is 30.2 Å². The van der Waals surface area contributed by atoms with Crippen molar-refractivity contribution in [3.05, 3.63) is 18.2 Å². The highest BCUT2D eigenvalue weighted by molar-refractivity contribution is 7.93. The van der Waals surface area contributed by atoms with Crippen molar-refractivity contribution in [3.63, 3.8) is 0 Å². The molecule has 0 amide bonds. The van der Waals surface area contributed by atoms with E-state index >= 15 is 0 Å². The lowest BCUT2D eigenvalue weighted by Gasteiger charge is -2.15. The SMILES string of the molecule is COc1ccc(NS(=O)(=O)C2CCNC2)c(OC)c1. The molecule has 1 fully saturated rings. The summed E-state index contributed by atoms with van der Waals surface area (Å²) in [6, 6.07) is 4.97. The molecule has 1 aliphatic rings. The molecule has 0 bridgehead atoms. The third-order valence-electron chi connectivity index (χ3n) is 3.11. The van der Waals surface area contributed by atoms with Crippen LogP contribution in [-0.4, -0.2) is 41.0 Å². The number of rotatable bonds is 5. The van der Waals surface area contributed by atoms with Crippen LogP contribution in [0.15, 0.2) is 18.2 Å². The Kier molecular flexibility index (Phi) is 4.16. The molecule has 1 aromatic carbocycles. The van der Waals surface area contributed by atoms with Gasteiger partial charge < -0.3 is 14.8 Å². The minimum absolute atomic E-state index is 0.403. The van der Waals surface area contributed by atoms with Gasteiger partial charge in [-0.1, -0.05) is 0 Å². The van der Waals surface area contributed by atoms with Gasteiger partial charge in [-0.25, -0.2) is 8.42 Å². The molecule has 0 radical (unpaired) electrons. The zero-order chi connectivity index (χ0) is 13.9. The third kappa shape index (κ3) is 3.10. The van der Waals surface area contributed by atoms with Gasteiger partial charge in [-0.05, 0) is 25.1 Å². The number of anilines is 1. The predicted molar refractivity (Wildman–Crippen MR) is 73.4 cm³/mol. The van der Waals surface area contributed by atoms with Crippen LogP contribution in [0.4, 0.5) is 5.69 Å². The molecule has 0 spiro atoms. The van der Waals surface area contributed by atoms with Crippen LogP contribution in [0.25, 0.3) is 0 Å². The number of sulfonamides is 1. The van der Waals surface area contributed by atoms with Crippen LogP contribution in [0.1, 0.15) is 6.42 Å². The van der Waals surface area contributed by atoms with Gasteiger partial charge in [0.1, 0.15) is 11.5 Å². The molecule has 1 saturated heterocycles. The molecule has 1 aromatic rings. The lowest BCUT2D eigenvalue weighted by atomic mass is 10.3. The first-order valence-corrected chi connectivity index (χ1v) is 7.56. The predicted octanol–water partition coefficient (Wildman–Crippen LogP) is 0.807. The molecule has 0 aliphatic carbocycles. The number of ether oxygens (including phenoxy) is 2. The quantitative estimate of drug-likeness (QED) is 0.837. The summed E-state index contributed by atoms with van der Waals surface area (Å²) in [5.41, 5.74) is 0.426. The molecule has 1 heterocycles. The second-order valence-corrected chi connectivity index (χ2v) is 6.29. The molecule has 7 heteroatoms. The van der Waals surface area contributed by atoms with E-state index in [9.17, 15) is 8.42 Å². The van der Waals surface area contributed by atoms with E-state index in [1.165, 1.54) is 7.11 Å². The molecule has 106 valence electrons. The number of methoxy groups -OCH3 is 2. The van der Waals surface area contributed by atoms with Crippen LogP contribution in [0, 0.1) is 0 Å². The van der Waals surface area contributed by atoms with Crippen LogP contribution in [0.3, 0.4) is 0 Å². The molecule has 2 N–H and O–H groups in total. The Bertz CT molecular complexity index is 539. The van der Waals surface area contributed by atoms with Crippen molar-refractivity contribution in [2.45, 2.75) is 11.7 Å². The third-order valence-corrected chi connectivity index (χ3v) is 4.90. The van der Waals surface area contributed by atoms with Crippen LogP contribution in [0.2, 0.25) is 0 Å². The maximum absolute atomic E-state index is 12.2. The van der Waals surface area contributed by atoms with Gasteiger partial charge in [0, 0.05) is 12.6 Å². The van der Waals surface area contributed by atoms with Crippen molar-refractivity contribution in [3.8, 4) is 11.5 Å². The Morgan fingerprint density at radius 1 is 1.32 bits per heavy atom. The maximum atomic E-state index is 12.2. The summed E-state index contributed by atoms with van der Waals surface area (Å²) in [4.78, 5) is 0. The zero-order valence-corrected chi connectivity index (χ0v) is 11.8. The van der Waals surface area contributed by atoms with Gasteiger partial charge in [0.25, 0.3) is 0 Å². The number of hydrogen-bond donors (Lipinski definition) is 2. The molecule has 19 heavy (non-hydrogen) atoms. The lowest BCUT2D eigenvalue weighted by molar-refractivity contribution is 0.395. The summed E-state index contributed by atoms with van der Waals surface area (Å²) in [5.74, 6) is 1.05. The van der Waals surface area contributed by atoms with Crippen LogP contribution >= 0.6 is 0 Å². The summed E-state index contributed by atoms with van der Waals surface area (Å²) in [6.07, 6.45) is 0.619. The number of hydrogen-bond acceptors (Lipinski definition) is 5. The van der Waals surface area contributed by atoms with Gasteiger partial charge >= 0.3 is 0 Å². The van der Waals surface area contributed by atoms with Crippen LogP contribution in [-0.2, 0) is 10.0 Å². The highest BCUT2D eigenvalue weighted by Crippen LogP contribution is 2.30. The number of benzene rings is 1. The summed E-state index contributed by atoms with van der Waals surface area (Å²) in [7, 11) is -0.364. The second-order valence-electron chi connectivity index (χ2n) is 4.33. The van der Waals surface area contributed by atoms with Crippen molar-refractivity contribution in [2.75, 3.05) is 32.0 Å². The fourth-order valence-electron chi connectivity index (χ4n) is 2.01. The monoisotopic (exact) mass is 286 g/mol. The van der Waals surface area contributed by atoms with Gasteiger partial charge in [0.15, 0.2) is 0 Å². The van der Waals surface area contributed by atoms with Gasteiger partial charge in [0.05, 0.1) is 25.2 Å². The number of nitrogens with one attached hydrogen (secondary N) is 2. The van der Waals surface area contributed by atoms with Gasteiger partial charge in [-0.2, -0.15) is 0 Å². The van der Waals surface area contributed by atoms with E-state index in [1.54, 1.807) is 25.3 Å². The molecule has 1 aliphatic heterocycles. The Morgan fingerprint density at radius 3 is 2.68 bits per heavy atom. The van der Waals surface area contributed by atoms with Crippen LogP contribution in [0.5, 0.6) is 11.5 Å². The largest absolute Gasteiger partial charge is 0.497 e. The first-order valence-electron chi connectivity index (χ1n) is 6.01. The van der Waals surface area contributed by atoms with Crippen molar-refractivity contribution >= 4 is 15.7 Å². The van der Waals surface area contributed by atoms with E-state index in [2.05, 4.69) is 10.0 Å². The second kappa shape index (κ2) is 5.66. The molecule has 0 aromatic heterocycles. The molecule has 2 rings (SSSR count). The van der Waals surface area contributed by atoms with Gasteiger partial charge in [0.2, 0.25) is 10.0 Å².